The van der Waals surface area contributed by atoms with Crippen LogP contribution in [0.4, 0.5) is 0 Å². The summed E-state index contributed by atoms with van der Waals surface area (Å²) in [5, 5.41) is 0. The number of aromatic nitrogens is 2. The molecule has 138 valence electrons. The third-order valence-electron chi connectivity index (χ3n) is 4.16. The van der Waals surface area contributed by atoms with E-state index in [0.29, 0.717) is 31.2 Å². The van der Waals surface area contributed by atoms with Gasteiger partial charge in [-0.25, -0.2) is 4.98 Å². The van der Waals surface area contributed by atoms with Crippen molar-refractivity contribution in [2.45, 2.75) is 13.1 Å². The Hall–Kier alpha value is -2.93. The summed E-state index contributed by atoms with van der Waals surface area (Å²) >= 11 is 0. The number of rotatable bonds is 8. The first-order valence-electron chi connectivity index (χ1n) is 8.28. The molecule has 0 fully saturated rings. The van der Waals surface area contributed by atoms with E-state index < -0.39 is 0 Å². The Morgan fingerprint density at radius 3 is 2.19 bits per heavy atom. The highest BCUT2D eigenvalue weighted by Crippen LogP contribution is 2.32. The van der Waals surface area contributed by atoms with Crippen LogP contribution in [0.5, 0.6) is 23.0 Å². The van der Waals surface area contributed by atoms with Crippen molar-refractivity contribution in [1.29, 1.82) is 0 Å². The quantitative estimate of drug-likeness (QED) is 0.667. The predicted molar refractivity (Wildman–Crippen MR) is 99.2 cm³/mol. The summed E-state index contributed by atoms with van der Waals surface area (Å²) in [6, 6.07) is 11.3. The molecule has 0 aliphatic carbocycles. The number of fused-ring (bicyclic) bond motifs is 1. The SMILES string of the molecule is COc1ccc(OCCn2c(CN)nc3cc(OC)c(OC)cc32)cc1. The maximum atomic E-state index is 5.87. The topological polar surface area (TPSA) is 80.8 Å². The summed E-state index contributed by atoms with van der Waals surface area (Å²) in [6.45, 7) is 1.44. The molecule has 0 atom stereocenters. The highest BCUT2D eigenvalue weighted by atomic mass is 16.5. The Kier molecular flexibility index (Phi) is 5.48. The fourth-order valence-corrected chi connectivity index (χ4v) is 2.83. The molecule has 0 saturated carbocycles. The second kappa shape index (κ2) is 7.97. The molecule has 1 aromatic heterocycles. The Balaban J connectivity index is 1.81. The van der Waals surface area contributed by atoms with Gasteiger partial charge in [0.1, 0.15) is 23.9 Å². The number of benzene rings is 2. The van der Waals surface area contributed by atoms with Crippen molar-refractivity contribution in [2.75, 3.05) is 27.9 Å². The van der Waals surface area contributed by atoms with Crippen molar-refractivity contribution in [3.8, 4) is 23.0 Å². The van der Waals surface area contributed by atoms with Crippen LogP contribution in [0, 0.1) is 0 Å². The molecule has 0 radical (unpaired) electrons. The van der Waals surface area contributed by atoms with Gasteiger partial charge in [0, 0.05) is 12.1 Å². The number of nitrogens with two attached hydrogens (primary N) is 1. The van der Waals surface area contributed by atoms with Crippen LogP contribution in [-0.2, 0) is 13.1 Å². The first kappa shape index (κ1) is 17.9. The molecule has 3 rings (SSSR count). The fraction of sp³-hybridized carbons (Fsp3) is 0.316. The maximum absolute atomic E-state index is 5.87. The minimum Gasteiger partial charge on any atom is -0.497 e. The van der Waals surface area contributed by atoms with E-state index in [1.165, 1.54) is 0 Å². The van der Waals surface area contributed by atoms with Gasteiger partial charge in [-0.1, -0.05) is 0 Å². The van der Waals surface area contributed by atoms with Gasteiger partial charge in [-0.05, 0) is 24.3 Å². The van der Waals surface area contributed by atoms with Crippen LogP contribution in [0.2, 0.25) is 0 Å². The van der Waals surface area contributed by atoms with Crippen LogP contribution in [0.3, 0.4) is 0 Å². The lowest BCUT2D eigenvalue weighted by Gasteiger charge is -2.12. The van der Waals surface area contributed by atoms with Crippen molar-refractivity contribution in [1.82, 2.24) is 9.55 Å². The maximum Gasteiger partial charge on any atom is 0.163 e. The zero-order chi connectivity index (χ0) is 18.5. The number of hydrogen-bond acceptors (Lipinski definition) is 6. The van der Waals surface area contributed by atoms with Gasteiger partial charge in [0.2, 0.25) is 0 Å². The van der Waals surface area contributed by atoms with Crippen molar-refractivity contribution in [2.24, 2.45) is 5.73 Å². The van der Waals surface area contributed by atoms with Crippen LogP contribution in [-0.4, -0.2) is 37.5 Å². The van der Waals surface area contributed by atoms with Gasteiger partial charge in [0.15, 0.2) is 11.5 Å². The Bertz CT molecular complexity index is 875. The highest BCUT2D eigenvalue weighted by molar-refractivity contribution is 5.80. The number of imidazole rings is 1. The van der Waals surface area contributed by atoms with Crippen LogP contribution in [0.1, 0.15) is 5.82 Å². The summed E-state index contributed by atoms with van der Waals surface area (Å²) in [5.41, 5.74) is 7.61. The van der Waals surface area contributed by atoms with Gasteiger partial charge in [-0.3, -0.25) is 0 Å². The number of hydrogen-bond donors (Lipinski definition) is 1. The molecule has 0 aliphatic rings. The van der Waals surface area contributed by atoms with Crippen molar-refractivity contribution < 1.29 is 18.9 Å². The molecule has 2 N–H and O–H groups in total. The molecule has 0 bridgehead atoms. The van der Waals surface area contributed by atoms with Gasteiger partial charge in [-0.15, -0.1) is 0 Å². The lowest BCUT2D eigenvalue weighted by molar-refractivity contribution is 0.297. The van der Waals surface area contributed by atoms with E-state index in [2.05, 4.69) is 4.98 Å². The molecule has 7 nitrogen and oxygen atoms in total. The largest absolute Gasteiger partial charge is 0.497 e. The summed E-state index contributed by atoms with van der Waals surface area (Å²) in [6.07, 6.45) is 0. The highest BCUT2D eigenvalue weighted by Gasteiger charge is 2.14. The van der Waals surface area contributed by atoms with E-state index in [-0.39, 0.29) is 0 Å². The first-order valence-corrected chi connectivity index (χ1v) is 8.28. The van der Waals surface area contributed by atoms with Crippen LogP contribution in [0.25, 0.3) is 11.0 Å². The smallest absolute Gasteiger partial charge is 0.163 e. The van der Waals surface area contributed by atoms with E-state index in [9.17, 15) is 0 Å². The third-order valence-corrected chi connectivity index (χ3v) is 4.16. The van der Waals surface area contributed by atoms with E-state index in [4.69, 9.17) is 24.7 Å². The summed E-state index contributed by atoms with van der Waals surface area (Å²) in [4.78, 5) is 4.59. The predicted octanol–water partition coefficient (Wildman–Crippen LogP) is 2.60. The van der Waals surface area contributed by atoms with Gasteiger partial charge < -0.3 is 29.2 Å². The molecule has 7 heteroatoms. The van der Waals surface area contributed by atoms with Crippen molar-refractivity contribution >= 4 is 11.0 Å². The van der Waals surface area contributed by atoms with E-state index in [1.54, 1.807) is 21.3 Å². The molecule has 0 spiro atoms. The van der Waals surface area contributed by atoms with Gasteiger partial charge in [0.05, 0.1) is 45.5 Å². The number of nitrogens with zero attached hydrogens (tertiary/aromatic N) is 2. The third kappa shape index (κ3) is 3.52. The minimum atomic E-state index is 0.335. The molecule has 0 amide bonds. The van der Waals surface area contributed by atoms with Crippen LogP contribution >= 0.6 is 0 Å². The molecule has 0 saturated heterocycles. The Labute approximate surface area is 152 Å². The molecule has 2 aromatic carbocycles. The van der Waals surface area contributed by atoms with Crippen molar-refractivity contribution in [3.63, 3.8) is 0 Å². The lowest BCUT2D eigenvalue weighted by Crippen LogP contribution is -2.13. The molecular formula is C19H23N3O4. The second-order valence-corrected chi connectivity index (χ2v) is 5.60. The molecule has 1 heterocycles. The van der Waals surface area contributed by atoms with Gasteiger partial charge >= 0.3 is 0 Å². The lowest BCUT2D eigenvalue weighted by atomic mass is 10.2. The van der Waals surface area contributed by atoms with E-state index in [1.807, 2.05) is 41.0 Å². The zero-order valence-electron chi connectivity index (χ0n) is 15.2. The summed E-state index contributed by atoms with van der Waals surface area (Å²) < 4.78 is 23.8. The minimum absolute atomic E-state index is 0.335. The summed E-state index contributed by atoms with van der Waals surface area (Å²) in [7, 11) is 4.85. The summed E-state index contributed by atoms with van der Waals surface area (Å²) in [5.74, 6) is 3.66. The molecule has 0 unspecified atom stereocenters. The normalized spacial score (nSPS) is 10.8. The zero-order valence-corrected chi connectivity index (χ0v) is 15.2. The monoisotopic (exact) mass is 357 g/mol. The average molecular weight is 357 g/mol. The first-order chi connectivity index (χ1) is 12.7. The van der Waals surface area contributed by atoms with E-state index in [0.717, 1.165) is 28.4 Å². The standard InChI is InChI=1S/C19H23N3O4/c1-23-13-4-6-14(7-5-13)26-9-8-22-16-11-18(25-3)17(24-2)10-15(16)21-19(22)12-20/h4-7,10-11H,8-9,12,20H2,1-3H3. The van der Waals surface area contributed by atoms with E-state index >= 15 is 0 Å². The fourth-order valence-electron chi connectivity index (χ4n) is 2.83. The van der Waals surface area contributed by atoms with Crippen molar-refractivity contribution in [3.05, 3.63) is 42.2 Å². The Morgan fingerprint density at radius 1 is 0.923 bits per heavy atom. The molecule has 3 aromatic rings. The Morgan fingerprint density at radius 2 is 1.58 bits per heavy atom. The molecule has 26 heavy (non-hydrogen) atoms. The molecule has 0 aliphatic heterocycles. The van der Waals surface area contributed by atoms with Gasteiger partial charge in [-0.2, -0.15) is 0 Å². The van der Waals surface area contributed by atoms with Crippen LogP contribution in [0.15, 0.2) is 36.4 Å². The average Bonchev–Trinajstić information content (AvgIpc) is 3.04. The number of methoxy groups -OCH3 is 3. The van der Waals surface area contributed by atoms with Gasteiger partial charge in [0.25, 0.3) is 0 Å². The van der Waals surface area contributed by atoms with Crippen LogP contribution < -0.4 is 24.7 Å². The molecular weight excluding hydrogens is 334 g/mol. The number of ether oxygens (including phenoxy) is 4. The second-order valence-electron chi connectivity index (χ2n) is 5.60.